The highest BCUT2D eigenvalue weighted by atomic mass is 16.5. The molecule has 0 aromatic heterocycles. The Balaban J connectivity index is 3.41. The van der Waals surface area contributed by atoms with Crippen LogP contribution in [0.3, 0.4) is 0 Å². The van der Waals surface area contributed by atoms with Crippen molar-refractivity contribution in [1.82, 2.24) is 0 Å². The number of ether oxygens (including phenoxy) is 4. The Morgan fingerprint density at radius 2 is 1.54 bits per heavy atom. The highest BCUT2D eigenvalue weighted by molar-refractivity contribution is 6.00. The van der Waals surface area contributed by atoms with Crippen LogP contribution >= 0.6 is 0 Å². The lowest BCUT2D eigenvalue weighted by molar-refractivity contribution is -0.168. The third-order valence-corrected chi connectivity index (χ3v) is 3.66. The molecule has 0 spiro atoms. The second-order valence-electron chi connectivity index (χ2n) is 5.08. The summed E-state index contributed by atoms with van der Waals surface area (Å²) in [6, 6.07) is 5.15. The van der Waals surface area contributed by atoms with Crippen LogP contribution in [0.25, 0.3) is 0 Å². The van der Waals surface area contributed by atoms with Gasteiger partial charge in [-0.2, -0.15) is 0 Å². The summed E-state index contributed by atoms with van der Waals surface area (Å²) in [5.41, 5.74) is 1.70. The van der Waals surface area contributed by atoms with Crippen LogP contribution in [0, 0.1) is 5.41 Å². The maximum Gasteiger partial charge on any atom is 0.323 e. The zero-order chi connectivity index (χ0) is 18.2. The van der Waals surface area contributed by atoms with E-state index < -0.39 is 17.4 Å². The molecule has 0 heterocycles. The summed E-state index contributed by atoms with van der Waals surface area (Å²) >= 11 is 0. The normalized spacial score (nSPS) is 10.3. The Morgan fingerprint density at radius 3 is 1.92 bits per heavy atom. The predicted octanol–water partition coefficient (Wildman–Crippen LogP) is 2.31. The molecular formula is C18H22O6. The molecule has 0 saturated heterocycles. The van der Waals surface area contributed by atoms with E-state index in [1.165, 1.54) is 34.5 Å². The lowest BCUT2D eigenvalue weighted by Crippen LogP contribution is -2.42. The van der Waals surface area contributed by atoms with Crippen molar-refractivity contribution in [1.29, 1.82) is 0 Å². The van der Waals surface area contributed by atoms with E-state index >= 15 is 0 Å². The van der Waals surface area contributed by atoms with Crippen molar-refractivity contribution in [2.45, 2.75) is 12.8 Å². The second-order valence-corrected chi connectivity index (χ2v) is 5.08. The highest BCUT2D eigenvalue weighted by Gasteiger charge is 2.47. The first-order chi connectivity index (χ1) is 11.5. The van der Waals surface area contributed by atoms with E-state index in [-0.39, 0.29) is 12.8 Å². The third kappa shape index (κ3) is 4.18. The molecule has 0 aliphatic carbocycles. The van der Waals surface area contributed by atoms with Crippen LogP contribution in [0.4, 0.5) is 0 Å². The second kappa shape index (κ2) is 8.79. The molecule has 1 aromatic rings. The Labute approximate surface area is 141 Å². The molecular weight excluding hydrogens is 312 g/mol. The zero-order valence-corrected chi connectivity index (χ0v) is 14.4. The van der Waals surface area contributed by atoms with Gasteiger partial charge in [0, 0.05) is 6.07 Å². The lowest BCUT2D eigenvalue weighted by Gasteiger charge is -2.27. The first-order valence-electron chi connectivity index (χ1n) is 7.20. The third-order valence-electron chi connectivity index (χ3n) is 3.66. The molecule has 0 bridgehead atoms. The van der Waals surface area contributed by atoms with Gasteiger partial charge < -0.3 is 18.9 Å². The van der Waals surface area contributed by atoms with E-state index in [9.17, 15) is 9.59 Å². The smallest absolute Gasteiger partial charge is 0.323 e. The van der Waals surface area contributed by atoms with Gasteiger partial charge >= 0.3 is 11.9 Å². The Bertz CT molecular complexity index is 605. The van der Waals surface area contributed by atoms with Crippen molar-refractivity contribution in [3.8, 4) is 11.5 Å². The monoisotopic (exact) mass is 334 g/mol. The van der Waals surface area contributed by atoms with Crippen LogP contribution in [-0.2, 0) is 25.5 Å². The van der Waals surface area contributed by atoms with Gasteiger partial charge in [-0.1, -0.05) is 6.58 Å². The van der Waals surface area contributed by atoms with Crippen molar-refractivity contribution < 1.29 is 28.5 Å². The minimum absolute atomic E-state index is 0.0510. The summed E-state index contributed by atoms with van der Waals surface area (Å²) in [5, 5.41) is 0. The Kier molecular flexibility index (Phi) is 7.08. The van der Waals surface area contributed by atoms with Crippen molar-refractivity contribution in [2.24, 2.45) is 5.41 Å². The molecule has 0 amide bonds. The molecule has 0 N–H and O–H groups in total. The van der Waals surface area contributed by atoms with Crippen LogP contribution < -0.4 is 9.47 Å². The summed E-state index contributed by atoms with van der Waals surface area (Å²) < 4.78 is 20.1. The maximum atomic E-state index is 12.4. The van der Waals surface area contributed by atoms with E-state index in [1.807, 2.05) is 0 Å². The van der Waals surface area contributed by atoms with E-state index in [0.717, 1.165) is 0 Å². The number of hydrogen-bond donors (Lipinski definition) is 0. The summed E-state index contributed by atoms with van der Waals surface area (Å²) in [4.78, 5) is 24.8. The number of rotatable bonds is 8. The summed E-state index contributed by atoms with van der Waals surface area (Å²) in [6.07, 6.45) is 1.61. The quantitative estimate of drug-likeness (QED) is 0.413. The number of methoxy groups -OCH3 is 4. The number of carbonyl (C=O) groups is 2. The Hall–Kier alpha value is -2.72. The first kappa shape index (κ1) is 19.3. The summed E-state index contributed by atoms with van der Waals surface area (Å²) in [5.74, 6) is -0.287. The highest BCUT2D eigenvalue weighted by Crippen LogP contribution is 2.34. The van der Waals surface area contributed by atoms with Gasteiger partial charge in [-0.3, -0.25) is 9.59 Å². The van der Waals surface area contributed by atoms with Crippen LogP contribution in [0.15, 0.2) is 36.6 Å². The fourth-order valence-electron chi connectivity index (χ4n) is 2.42. The standard InChI is InChI=1S/C18H22O6/c1-6-7-8-18(16(19)23-4,17(20)24-5)12-13-9-14(21-2)11-15(10-13)22-3/h7,9-11H,1,8,12H2,2-5H3. The van der Waals surface area contributed by atoms with Crippen LogP contribution in [0.1, 0.15) is 12.0 Å². The van der Waals surface area contributed by atoms with Crippen LogP contribution in [0.2, 0.25) is 0 Å². The molecule has 24 heavy (non-hydrogen) atoms. The van der Waals surface area contributed by atoms with Crippen molar-refractivity contribution in [2.75, 3.05) is 28.4 Å². The molecule has 1 rings (SSSR count). The van der Waals surface area contributed by atoms with Crippen molar-refractivity contribution in [3.63, 3.8) is 0 Å². The van der Waals surface area contributed by atoms with Gasteiger partial charge in [-0.25, -0.2) is 0 Å². The van der Waals surface area contributed by atoms with Crippen LogP contribution in [0.5, 0.6) is 11.5 Å². The van der Waals surface area contributed by atoms with Crippen molar-refractivity contribution in [3.05, 3.63) is 42.1 Å². The number of esters is 2. The lowest BCUT2D eigenvalue weighted by atomic mass is 9.78. The first-order valence-corrected chi connectivity index (χ1v) is 7.20. The minimum Gasteiger partial charge on any atom is -0.497 e. The minimum atomic E-state index is -1.54. The van der Waals surface area contributed by atoms with Gasteiger partial charge in [-0.15, -0.1) is 5.73 Å². The molecule has 6 heteroatoms. The van der Waals surface area contributed by atoms with Gasteiger partial charge in [0.15, 0.2) is 5.41 Å². The largest absolute Gasteiger partial charge is 0.497 e. The van der Waals surface area contributed by atoms with Gasteiger partial charge in [-0.05, 0) is 36.6 Å². The van der Waals surface area contributed by atoms with Gasteiger partial charge in [0.25, 0.3) is 0 Å². The number of carbonyl (C=O) groups excluding carboxylic acids is 2. The maximum absolute atomic E-state index is 12.4. The average molecular weight is 334 g/mol. The van der Waals surface area contributed by atoms with E-state index in [1.54, 1.807) is 18.2 Å². The summed E-state index contributed by atoms with van der Waals surface area (Å²) in [7, 11) is 5.49. The fraction of sp³-hybridized carbons (Fsp3) is 0.389. The van der Waals surface area contributed by atoms with Gasteiger partial charge in [0.2, 0.25) is 0 Å². The van der Waals surface area contributed by atoms with Gasteiger partial charge in [0.05, 0.1) is 28.4 Å². The van der Waals surface area contributed by atoms with Crippen LogP contribution in [-0.4, -0.2) is 40.4 Å². The van der Waals surface area contributed by atoms with Gasteiger partial charge in [0.1, 0.15) is 11.5 Å². The molecule has 1 aromatic carbocycles. The van der Waals surface area contributed by atoms with E-state index in [4.69, 9.17) is 18.9 Å². The zero-order valence-electron chi connectivity index (χ0n) is 14.4. The predicted molar refractivity (Wildman–Crippen MR) is 88.0 cm³/mol. The molecule has 0 unspecified atom stereocenters. The number of benzene rings is 1. The molecule has 0 saturated carbocycles. The molecule has 130 valence electrons. The van der Waals surface area contributed by atoms with E-state index in [2.05, 4.69) is 12.3 Å². The average Bonchev–Trinajstić information content (AvgIpc) is 2.63. The molecule has 0 fully saturated rings. The van der Waals surface area contributed by atoms with E-state index in [0.29, 0.717) is 17.1 Å². The molecule has 0 aliphatic rings. The molecule has 0 radical (unpaired) electrons. The van der Waals surface area contributed by atoms with Crippen molar-refractivity contribution >= 4 is 11.9 Å². The number of allylic oxidation sites excluding steroid dienone is 1. The topological polar surface area (TPSA) is 71.1 Å². The number of hydrogen-bond acceptors (Lipinski definition) is 6. The Morgan fingerprint density at radius 1 is 1.04 bits per heavy atom. The fourth-order valence-corrected chi connectivity index (χ4v) is 2.42. The molecule has 0 aliphatic heterocycles. The SMILES string of the molecule is C=C=CCC(Cc1cc(OC)cc(OC)c1)(C(=O)OC)C(=O)OC. The summed E-state index contributed by atoms with van der Waals surface area (Å²) in [6.45, 7) is 3.47. The molecule has 0 atom stereocenters. The molecule has 6 nitrogen and oxygen atoms in total.